The molecule has 0 saturated heterocycles. The lowest BCUT2D eigenvalue weighted by Crippen LogP contribution is -2.30. The number of thioether (sulfide) groups is 1. The smallest absolute Gasteiger partial charge is 0.238 e. The van der Waals surface area contributed by atoms with E-state index >= 15 is 0 Å². The minimum atomic E-state index is -0.366. The highest BCUT2D eigenvalue weighted by Gasteiger charge is 2.16. The summed E-state index contributed by atoms with van der Waals surface area (Å²) in [6.45, 7) is 10.4. The van der Waals surface area contributed by atoms with Crippen LogP contribution < -0.4 is 10.6 Å². The van der Waals surface area contributed by atoms with Crippen LogP contribution in [0.4, 0.5) is 5.82 Å². The number of nitrogens with one attached hydrogen (secondary N) is 2. The van der Waals surface area contributed by atoms with Gasteiger partial charge in [0, 0.05) is 12.6 Å². The Morgan fingerprint density at radius 3 is 2.41 bits per heavy atom. The average Bonchev–Trinajstić information content (AvgIpc) is 2.99. The number of amides is 2. The number of hydrogen-bond donors (Lipinski definition) is 2. The summed E-state index contributed by atoms with van der Waals surface area (Å²) in [5, 5.41) is 8.96. The third kappa shape index (κ3) is 6.43. The monoisotopic (exact) mass is 389 g/mol. The Kier molecular flexibility index (Phi) is 7.47. The number of anilines is 1. The SMILES string of the molecule is Cc1cc(C)c(CCNC(=O)CSC(C)C(=O)Nc2cc(C)on2)c(C)c1. The van der Waals surface area contributed by atoms with Gasteiger partial charge >= 0.3 is 0 Å². The van der Waals surface area contributed by atoms with Gasteiger partial charge in [-0.05, 0) is 57.7 Å². The van der Waals surface area contributed by atoms with Crippen LogP contribution in [-0.4, -0.2) is 34.5 Å². The fourth-order valence-electron chi connectivity index (χ4n) is 2.91. The van der Waals surface area contributed by atoms with Crippen molar-refractivity contribution in [3.63, 3.8) is 0 Å². The molecule has 1 unspecified atom stereocenters. The number of aromatic nitrogens is 1. The van der Waals surface area contributed by atoms with Gasteiger partial charge in [0.15, 0.2) is 5.82 Å². The van der Waals surface area contributed by atoms with Gasteiger partial charge in [0.05, 0.1) is 11.0 Å². The van der Waals surface area contributed by atoms with Crippen molar-refractivity contribution in [2.45, 2.75) is 46.3 Å². The first-order valence-electron chi connectivity index (χ1n) is 8.95. The van der Waals surface area contributed by atoms with Crippen molar-refractivity contribution in [2.75, 3.05) is 17.6 Å². The van der Waals surface area contributed by atoms with E-state index in [1.165, 1.54) is 34.0 Å². The molecule has 0 saturated carbocycles. The molecule has 2 aromatic rings. The van der Waals surface area contributed by atoms with Gasteiger partial charge in [-0.2, -0.15) is 0 Å². The van der Waals surface area contributed by atoms with Gasteiger partial charge in [-0.1, -0.05) is 22.9 Å². The normalized spacial score (nSPS) is 11.9. The molecule has 146 valence electrons. The maximum Gasteiger partial charge on any atom is 0.238 e. The predicted molar refractivity (Wildman–Crippen MR) is 109 cm³/mol. The van der Waals surface area contributed by atoms with E-state index in [0.717, 1.165) is 6.42 Å². The molecule has 2 N–H and O–H groups in total. The van der Waals surface area contributed by atoms with Crippen molar-refractivity contribution < 1.29 is 14.1 Å². The van der Waals surface area contributed by atoms with Crippen molar-refractivity contribution in [3.8, 4) is 0 Å². The highest BCUT2D eigenvalue weighted by atomic mass is 32.2. The minimum absolute atomic E-state index is 0.0700. The molecule has 7 heteroatoms. The van der Waals surface area contributed by atoms with Crippen LogP contribution in [0.5, 0.6) is 0 Å². The van der Waals surface area contributed by atoms with Gasteiger partial charge in [0.25, 0.3) is 0 Å². The Morgan fingerprint density at radius 1 is 1.15 bits per heavy atom. The molecule has 0 aliphatic carbocycles. The van der Waals surface area contributed by atoms with Crippen molar-refractivity contribution >= 4 is 29.4 Å². The highest BCUT2D eigenvalue weighted by Crippen LogP contribution is 2.17. The summed E-state index contributed by atoms with van der Waals surface area (Å²) in [6, 6.07) is 5.98. The maximum absolute atomic E-state index is 12.1. The van der Waals surface area contributed by atoms with Crippen LogP contribution in [-0.2, 0) is 16.0 Å². The molecule has 6 nitrogen and oxygen atoms in total. The van der Waals surface area contributed by atoms with Gasteiger partial charge in [-0.25, -0.2) is 0 Å². The number of aryl methyl sites for hydroxylation is 4. The first kappa shape index (κ1) is 21.0. The van der Waals surface area contributed by atoms with Crippen LogP contribution in [0.2, 0.25) is 0 Å². The van der Waals surface area contributed by atoms with Crippen LogP contribution in [0.25, 0.3) is 0 Å². The molecule has 1 heterocycles. The summed E-state index contributed by atoms with van der Waals surface area (Å²) in [4.78, 5) is 24.1. The molecular formula is C20H27N3O3S. The Hall–Kier alpha value is -2.28. The van der Waals surface area contributed by atoms with Crippen LogP contribution in [0, 0.1) is 27.7 Å². The average molecular weight is 390 g/mol. The van der Waals surface area contributed by atoms with E-state index < -0.39 is 0 Å². The largest absolute Gasteiger partial charge is 0.360 e. The van der Waals surface area contributed by atoms with Gasteiger partial charge < -0.3 is 15.2 Å². The lowest BCUT2D eigenvalue weighted by molar-refractivity contribution is -0.118. The molecular weight excluding hydrogens is 362 g/mol. The number of benzene rings is 1. The number of rotatable bonds is 8. The zero-order valence-electron chi connectivity index (χ0n) is 16.5. The fourth-order valence-corrected chi connectivity index (χ4v) is 3.63. The third-order valence-electron chi connectivity index (χ3n) is 4.25. The van der Waals surface area contributed by atoms with Gasteiger partial charge in [-0.3, -0.25) is 9.59 Å². The first-order valence-corrected chi connectivity index (χ1v) is 10.0. The number of carbonyl (C=O) groups excluding carboxylic acids is 2. The minimum Gasteiger partial charge on any atom is -0.360 e. The second-order valence-electron chi connectivity index (χ2n) is 6.74. The molecule has 0 fully saturated rings. The van der Waals surface area contributed by atoms with Crippen molar-refractivity contribution in [3.05, 3.63) is 46.2 Å². The first-order chi connectivity index (χ1) is 12.8. The Bertz CT molecular complexity index is 794. The van der Waals surface area contributed by atoms with Crippen LogP contribution >= 0.6 is 11.8 Å². The van der Waals surface area contributed by atoms with Gasteiger partial charge in [-0.15, -0.1) is 11.8 Å². The van der Waals surface area contributed by atoms with E-state index in [4.69, 9.17) is 4.52 Å². The third-order valence-corrected chi connectivity index (χ3v) is 5.39. The molecule has 1 aromatic heterocycles. The summed E-state index contributed by atoms with van der Waals surface area (Å²) >= 11 is 1.29. The summed E-state index contributed by atoms with van der Waals surface area (Å²) < 4.78 is 4.91. The van der Waals surface area contributed by atoms with E-state index in [9.17, 15) is 9.59 Å². The molecule has 2 rings (SSSR count). The number of hydrogen-bond acceptors (Lipinski definition) is 5. The van der Waals surface area contributed by atoms with Crippen LogP contribution in [0.1, 0.15) is 34.9 Å². The summed E-state index contributed by atoms with van der Waals surface area (Å²) in [7, 11) is 0. The predicted octanol–water partition coefficient (Wildman–Crippen LogP) is 3.33. The van der Waals surface area contributed by atoms with E-state index in [1.54, 1.807) is 19.9 Å². The zero-order valence-corrected chi connectivity index (χ0v) is 17.3. The van der Waals surface area contributed by atoms with Crippen molar-refractivity contribution in [1.82, 2.24) is 10.5 Å². The molecule has 0 radical (unpaired) electrons. The second kappa shape index (κ2) is 9.60. The molecule has 27 heavy (non-hydrogen) atoms. The lowest BCUT2D eigenvalue weighted by atomic mass is 9.97. The molecule has 0 bridgehead atoms. The van der Waals surface area contributed by atoms with Crippen LogP contribution in [0.3, 0.4) is 0 Å². The molecule has 2 amide bonds. The quantitative estimate of drug-likeness (QED) is 0.723. The number of nitrogens with zero attached hydrogens (tertiary/aromatic N) is 1. The molecule has 0 aliphatic rings. The fraction of sp³-hybridized carbons (Fsp3) is 0.450. The van der Waals surface area contributed by atoms with Crippen molar-refractivity contribution in [2.24, 2.45) is 0 Å². The highest BCUT2D eigenvalue weighted by molar-refractivity contribution is 8.01. The van der Waals surface area contributed by atoms with Gasteiger partial charge in [0.1, 0.15) is 5.76 Å². The topological polar surface area (TPSA) is 84.2 Å². The molecule has 0 spiro atoms. The number of carbonyl (C=O) groups is 2. The molecule has 1 aromatic carbocycles. The Labute approximate surface area is 164 Å². The van der Waals surface area contributed by atoms with E-state index in [-0.39, 0.29) is 22.8 Å². The van der Waals surface area contributed by atoms with Crippen molar-refractivity contribution in [1.29, 1.82) is 0 Å². The second-order valence-corrected chi connectivity index (χ2v) is 8.07. The van der Waals surface area contributed by atoms with E-state index in [0.29, 0.717) is 18.1 Å². The molecule has 0 aliphatic heterocycles. The maximum atomic E-state index is 12.1. The van der Waals surface area contributed by atoms with Gasteiger partial charge in [0.2, 0.25) is 11.8 Å². The van der Waals surface area contributed by atoms with Crippen LogP contribution in [0.15, 0.2) is 22.7 Å². The molecule has 1 atom stereocenters. The summed E-state index contributed by atoms with van der Waals surface area (Å²) in [6.07, 6.45) is 0.801. The van der Waals surface area contributed by atoms with E-state index in [1.807, 2.05) is 0 Å². The van der Waals surface area contributed by atoms with E-state index in [2.05, 4.69) is 48.7 Å². The standard InChI is InChI=1S/C20H27N3O3S/c1-12-8-13(2)17(14(3)9-12)6-7-21-19(24)11-27-16(5)20(25)22-18-10-15(4)26-23-18/h8-10,16H,6-7,11H2,1-5H3,(H,21,24)(H,22,23,25). The lowest BCUT2D eigenvalue weighted by Gasteiger charge is -2.13. The Morgan fingerprint density at radius 2 is 1.81 bits per heavy atom. The summed E-state index contributed by atoms with van der Waals surface area (Å²) in [5.41, 5.74) is 5.04. The Balaban J connectivity index is 1.72. The zero-order chi connectivity index (χ0) is 20.0. The summed E-state index contributed by atoms with van der Waals surface area (Å²) in [5.74, 6) is 0.979.